The van der Waals surface area contributed by atoms with Crippen molar-refractivity contribution in [3.8, 4) is 0 Å². The lowest BCUT2D eigenvalue weighted by atomic mass is 9.90. The smallest absolute Gasteiger partial charge is 0.348 e. The molecule has 0 aliphatic heterocycles. The monoisotopic (exact) mass is 391 g/mol. The second-order valence-electron chi connectivity index (χ2n) is 6.82. The fourth-order valence-corrected chi connectivity index (χ4v) is 4.35. The number of aryl methyl sites for hydroxylation is 1. The normalized spacial score (nSPS) is 17.3. The molecule has 2 aromatic rings. The molecular formula is C20H22ClNO3S. The van der Waals surface area contributed by atoms with Crippen molar-refractivity contribution in [3.63, 3.8) is 0 Å². The standard InChI is InChI=1S/C20H22ClNO3S/c1-12-3-8-17-15(9-12)10-18(26-17)20(24)25-11-19(23)22-13(2)14-4-6-16(21)7-5-14/h4-7,10,12-13H,3,8-9,11H2,1-2H3,(H,22,23)/t12-,13-/m0/s1. The lowest BCUT2D eigenvalue weighted by Crippen LogP contribution is -2.31. The summed E-state index contributed by atoms with van der Waals surface area (Å²) < 4.78 is 5.19. The summed E-state index contributed by atoms with van der Waals surface area (Å²) in [5, 5.41) is 3.47. The van der Waals surface area contributed by atoms with Crippen LogP contribution in [0.15, 0.2) is 30.3 Å². The summed E-state index contributed by atoms with van der Waals surface area (Å²) >= 11 is 7.36. The lowest BCUT2D eigenvalue weighted by Gasteiger charge is -2.16. The Morgan fingerprint density at radius 3 is 2.81 bits per heavy atom. The first-order chi connectivity index (χ1) is 12.4. The highest BCUT2D eigenvalue weighted by Crippen LogP contribution is 2.32. The van der Waals surface area contributed by atoms with E-state index >= 15 is 0 Å². The molecule has 1 aromatic heterocycles. The van der Waals surface area contributed by atoms with E-state index in [-0.39, 0.29) is 18.6 Å². The van der Waals surface area contributed by atoms with Crippen LogP contribution in [0.5, 0.6) is 0 Å². The van der Waals surface area contributed by atoms with E-state index < -0.39 is 5.97 Å². The molecule has 1 aromatic carbocycles. The molecule has 6 heteroatoms. The Bertz CT molecular complexity index is 800. The Kier molecular flexibility index (Phi) is 5.99. The van der Waals surface area contributed by atoms with E-state index in [0.29, 0.717) is 15.8 Å². The van der Waals surface area contributed by atoms with Gasteiger partial charge < -0.3 is 10.1 Å². The topological polar surface area (TPSA) is 55.4 Å². The van der Waals surface area contributed by atoms with Gasteiger partial charge in [-0.3, -0.25) is 4.79 Å². The number of carbonyl (C=O) groups excluding carboxylic acids is 2. The first kappa shape index (κ1) is 18.9. The van der Waals surface area contributed by atoms with Crippen LogP contribution in [0.4, 0.5) is 0 Å². The van der Waals surface area contributed by atoms with Crippen LogP contribution < -0.4 is 5.32 Å². The first-order valence-electron chi connectivity index (χ1n) is 8.76. The van der Waals surface area contributed by atoms with Gasteiger partial charge in [0.15, 0.2) is 6.61 Å². The number of amides is 1. The molecule has 138 valence electrons. The molecule has 0 bridgehead atoms. The van der Waals surface area contributed by atoms with Crippen molar-refractivity contribution in [2.24, 2.45) is 5.92 Å². The summed E-state index contributed by atoms with van der Waals surface area (Å²) in [6.45, 7) is 3.82. The van der Waals surface area contributed by atoms with Gasteiger partial charge in [-0.2, -0.15) is 0 Å². The molecule has 1 amide bonds. The molecule has 3 rings (SSSR count). The number of rotatable bonds is 5. The number of fused-ring (bicyclic) bond motifs is 1. The fourth-order valence-electron chi connectivity index (χ4n) is 3.13. The average Bonchev–Trinajstić information content (AvgIpc) is 3.03. The zero-order valence-corrected chi connectivity index (χ0v) is 16.5. The molecule has 1 aliphatic rings. The Hall–Kier alpha value is -1.85. The van der Waals surface area contributed by atoms with Crippen LogP contribution in [0.2, 0.25) is 5.02 Å². The number of carbonyl (C=O) groups is 2. The Morgan fingerprint density at radius 1 is 1.35 bits per heavy atom. The number of nitrogens with one attached hydrogen (secondary N) is 1. The highest BCUT2D eigenvalue weighted by atomic mass is 35.5. The van der Waals surface area contributed by atoms with Crippen LogP contribution in [0, 0.1) is 5.92 Å². The molecule has 0 radical (unpaired) electrons. The zero-order valence-electron chi connectivity index (χ0n) is 14.9. The van der Waals surface area contributed by atoms with Crippen LogP contribution in [-0.2, 0) is 22.4 Å². The molecule has 0 saturated heterocycles. The molecule has 1 aliphatic carbocycles. The molecule has 0 fully saturated rings. The van der Waals surface area contributed by atoms with Crippen LogP contribution in [0.3, 0.4) is 0 Å². The summed E-state index contributed by atoms with van der Waals surface area (Å²) in [4.78, 5) is 26.2. The van der Waals surface area contributed by atoms with Crippen LogP contribution in [0.25, 0.3) is 0 Å². The molecule has 2 atom stereocenters. The van der Waals surface area contributed by atoms with Crippen LogP contribution in [0.1, 0.15) is 52.0 Å². The quantitative estimate of drug-likeness (QED) is 0.760. The van der Waals surface area contributed by atoms with Gasteiger partial charge in [-0.25, -0.2) is 4.79 Å². The van der Waals surface area contributed by atoms with Crippen molar-refractivity contribution in [2.75, 3.05) is 6.61 Å². The Labute approximate surface area is 162 Å². The van der Waals surface area contributed by atoms with Gasteiger partial charge in [0, 0.05) is 9.90 Å². The lowest BCUT2D eigenvalue weighted by molar-refractivity contribution is -0.124. The van der Waals surface area contributed by atoms with Crippen molar-refractivity contribution >= 4 is 34.8 Å². The third-order valence-electron chi connectivity index (χ3n) is 4.61. The number of hydrogen-bond donors (Lipinski definition) is 1. The minimum atomic E-state index is -0.425. The molecule has 0 unspecified atom stereocenters. The molecule has 1 N–H and O–H groups in total. The van der Waals surface area contributed by atoms with Crippen molar-refractivity contribution in [2.45, 2.75) is 39.2 Å². The second kappa shape index (κ2) is 8.23. The van der Waals surface area contributed by atoms with Crippen LogP contribution in [-0.4, -0.2) is 18.5 Å². The molecule has 0 spiro atoms. The number of hydrogen-bond acceptors (Lipinski definition) is 4. The molecular weight excluding hydrogens is 370 g/mol. The Morgan fingerprint density at radius 2 is 2.08 bits per heavy atom. The van der Waals surface area contributed by atoms with Crippen LogP contribution >= 0.6 is 22.9 Å². The second-order valence-corrected chi connectivity index (χ2v) is 8.40. The van der Waals surface area contributed by atoms with Gasteiger partial charge in [0.25, 0.3) is 5.91 Å². The van der Waals surface area contributed by atoms with Crippen molar-refractivity contribution in [3.05, 3.63) is 56.2 Å². The number of benzene rings is 1. The first-order valence-corrected chi connectivity index (χ1v) is 9.95. The van der Waals surface area contributed by atoms with Gasteiger partial charge in [0.2, 0.25) is 0 Å². The Balaban J connectivity index is 1.51. The maximum Gasteiger partial charge on any atom is 0.348 e. The van der Waals surface area contributed by atoms with E-state index in [9.17, 15) is 9.59 Å². The van der Waals surface area contributed by atoms with E-state index in [1.54, 1.807) is 12.1 Å². The summed E-state index contributed by atoms with van der Waals surface area (Å²) in [6.07, 6.45) is 3.19. The average molecular weight is 392 g/mol. The van der Waals surface area contributed by atoms with Gasteiger partial charge >= 0.3 is 5.97 Å². The number of ether oxygens (including phenoxy) is 1. The predicted molar refractivity (Wildman–Crippen MR) is 104 cm³/mol. The van der Waals surface area contributed by atoms with E-state index in [1.807, 2.05) is 25.1 Å². The van der Waals surface area contributed by atoms with E-state index in [1.165, 1.54) is 21.8 Å². The van der Waals surface area contributed by atoms with Gasteiger partial charge in [-0.1, -0.05) is 30.7 Å². The third kappa shape index (κ3) is 4.65. The SMILES string of the molecule is C[C@H]1CCc2sc(C(=O)OCC(=O)N[C@@H](C)c3ccc(Cl)cc3)cc2C1. The number of thiophene rings is 1. The highest BCUT2D eigenvalue weighted by Gasteiger charge is 2.22. The van der Waals surface area contributed by atoms with E-state index in [4.69, 9.17) is 16.3 Å². The van der Waals surface area contributed by atoms with Gasteiger partial charge in [-0.05, 0) is 61.4 Å². The van der Waals surface area contributed by atoms with Crippen molar-refractivity contribution in [1.82, 2.24) is 5.32 Å². The molecule has 4 nitrogen and oxygen atoms in total. The maximum atomic E-state index is 12.2. The van der Waals surface area contributed by atoms with Crippen molar-refractivity contribution < 1.29 is 14.3 Å². The summed E-state index contributed by atoms with van der Waals surface area (Å²) in [5.74, 6) is -0.0943. The third-order valence-corrected chi connectivity index (χ3v) is 6.08. The molecule has 1 heterocycles. The zero-order chi connectivity index (χ0) is 18.7. The molecule has 26 heavy (non-hydrogen) atoms. The summed E-state index contributed by atoms with van der Waals surface area (Å²) in [6, 6.07) is 9.01. The van der Waals surface area contributed by atoms with E-state index in [2.05, 4.69) is 12.2 Å². The maximum absolute atomic E-state index is 12.2. The van der Waals surface area contributed by atoms with Gasteiger partial charge in [-0.15, -0.1) is 11.3 Å². The number of halogens is 1. The van der Waals surface area contributed by atoms with Crippen molar-refractivity contribution in [1.29, 1.82) is 0 Å². The predicted octanol–water partition coefficient (Wildman–Crippen LogP) is 4.56. The van der Waals surface area contributed by atoms with Gasteiger partial charge in [0.1, 0.15) is 4.88 Å². The summed E-state index contributed by atoms with van der Waals surface area (Å²) in [7, 11) is 0. The number of esters is 1. The minimum absolute atomic E-state index is 0.186. The highest BCUT2D eigenvalue weighted by molar-refractivity contribution is 7.14. The fraction of sp³-hybridized carbons (Fsp3) is 0.400. The van der Waals surface area contributed by atoms with Gasteiger partial charge in [0.05, 0.1) is 6.04 Å². The molecule has 0 saturated carbocycles. The minimum Gasteiger partial charge on any atom is -0.451 e. The summed E-state index contributed by atoms with van der Waals surface area (Å²) in [5.41, 5.74) is 2.19. The van der Waals surface area contributed by atoms with E-state index in [0.717, 1.165) is 24.8 Å². The largest absolute Gasteiger partial charge is 0.451 e.